The molecular formula is C24H21F4N5O6. The largest absolute Gasteiger partial charge is 0.482 e. The Bertz CT molecular complexity index is 1420. The van der Waals surface area contributed by atoms with Gasteiger partial charge in [-0.2, -0.15) is 23.1 Å². The van der Waals surface area contributed by atoms with E-state index < -0.39 is 49.1 Å². The third-order valence-electron chi connectivity index (χ3n) is 5.40. The number of alkyl halides is 3. The van der Waals surface area contributed by atoms with Crippen molar-refractivity contribution in [3.05, 3.63) is 65.5 Å². The Kier molecular flexibility index (Phi) is 8.21. The van der Waals surface area contributed by atoms with Gasteiger partial charge in [0.15, 0.2) is 6.10 Å². The number of halogens is 4. The predicted octanol–water partition coefficient (Wildman–Crippen LogP) is 3.56. The number of ether oxygens (including phenoxy) is 1. The van der Waals surface area contributed by atoms with Gasteiger partial charge in [0.25, 0.3) is 23.5 Å². The number of aliphatic hydroxyl groups is 2. The smallest absolute Gasteiger partial charge is 0.455 e. The SMILES string of the molecule is CC[C@@H](Oc1ccc(-c2nc(C(F)(F)F)no2)cc1)c1noc(-c2ccc(C(=O)NC(CO)CO)c(F)c2)n1. The summed E-state index contributed by atoms with van der Waals surface area (Å²) in [6, 6.07) is 8.57. The molecule has 206 valence electrons. The Hall–Kier alpha value is -4.37. The highest BCUT2D eigenvalue weighted by molar-refractivity contribution is 5.95. The van der Waals surface area contributed by atoms with Crippen molar-refractivity contribution in [2.75, 3.05) is 13.2 Å². The van der Waals surface area contributed by atoms with Crippen molar-refractivity contribution in [3.8, 4) is 28.7 Å². The summed E-state index contributed by atoms with van der Waals surface area (Å²) in [6.07, 6.45) is -5.00. The molecule has 0 aliphatic heterocycles. The molecule has 2 heterocycles. The standard InChI is InChI=1S/C24H21F4N5O6/c1-2-18(37-15-6-3-12(4-7-15)21-31-23(33-39-21)24(26,27)28)19-30-22(38-32-19)13-5-8-16(17(25)9-13)20(36)29-14(10-34)11-35/h3-9,14,18,34-35H,2,10-11H2,1H3,(H,29,36)/t18-/m1/s1. The second kappa shape index (κ2) is 11.6. The van der Waals surface area contributed by atoms with Crippen LogP contribution in [0.5, 0.6) is 5.75 Å². The fraction of sp³-hybridized carbons (Fsp3) is 0.292. The molecule has 1 atom stereocenters. The zero-order chi connectivity index (χ0) is 28.2. The topological polar surface area (TPSA) is 157 Å². The van der Waals surface area contributed by atoms with Crippen LogP contribution in [0.25, 0.3) is 22.9 Å². The lowest BCUT2D eigenvalue weighted by atomic mass is 10.1. The number of carbonyl (C=O) groups excluding carboxylic acids is 1. The van der Waals surface area contributed by atoms with Crippen LogP contribution in [0.2, 0.25) is 0 Å². The van der Waals surface area contributed by atoms with E-state index in [2.05, 4.69) is 30.1 Å². The number of hydrogen-bond acceptors (Lipinski definition) is 10. The van der Waals surface area contributed by atoms with Crippen LogP contribution in [0.15, 0.2) is 51.5 Å². The van der Waals surface area contributed by atoms with Gasteiger partial charge in [0.05, 0.1) is 24.8 Å². The van der Waals surface area contributed by atoms with E-state index in [9.17, 15) is 22.4 Å². The quantitative estimate of drug-likeness (QED) is 0.249. The van der Waals surface area contributed by atoms with Crippen molar-refractivity contribution in [3.63, 3.8) is 0 Å². The number of nitrogens with one attached hydrogen (secondary N) is 1. The maximum absolute atomic E-state index is 14.6. The molecule has 3 N–H and O–H groups in total. The first-order valence-electron chi connectivity index (χ1n) is 11.5. The molecule has 4 aromatic rings. The Morgan fingerprint density at radius 3 is 2.23 bits per heavy atom. The maximum atomic E-state index is 14.6. The number of benzene rings is 2. The third-order valence-corrected chi connectivity index (χ3v) is 5.40. The van der Waals surface area contributed by atoms with Crippen molar-refractivity contribution in [1.82, 2.24) is 25.6 Å². The highest BCUT2D eigenvalue weighted by atomic mass is 19.4. The summed E-state index contributed by atoms with van der Waals surface area (Å²) in [7, 11) is 0. The maximum Gasteiger partial charge on any atom is 0.455 e. The van der Waals surface area contributed by atoms with Crippen LogP contribution in [-0.4, -0.2) is 55.7 Å². The van der Waals surface area contributed by atoms with Crippen LogP contribution < -0.4 is 10.1 Å². The number of hydrogen-bond donors (Lipinski definition) is 3. The van der Waals surface area contributed by atoms with Gasteiger partial charge in [0.2, 0.25) is 5.82 Å². The third kappa shape index (κ3) is 6.38. The Morgan fingerprint density at radius 1 is 1.00 bits per heavy atom. The number of aliphatic hydroxyl groups excluding tert-OH is 2. The average Bonchev–Trinajstić information content (AvgIpc) is 3.61. The summed E-state index contributed by atoms with van der Waals surface area (Å²) >= 11 is 0. The van der Waals surface area contributed by atoms with Crippen LogP contribution in [0.3, 0.4) is 0 Å². The molecular weight excluding hydrogens is 530 g/mol. The van der Waals surface area contributed by atoms with Gasteiger partial charge in [-0.05, 0) is 48.9 Å². The Morgan fingerprint density at radius 2 is 1.64 bits per heavy atom. The van der Waals surface area contributed by atoms with Gasteiger partial charge in [-0.3, -0.25) is 4.79 Å². The Labute approximate surface area is 217 Å². The lowest BCUT2D eigenvalue weighted by molar-refractivity contribution is -0.146. The van der Waals surface area contributed by atoms with Crippen molar-refractivity contribution >= 4 is 5.91 Å². The summed E-state index contributed by atoms with van der Waals surface area (Å²) in [5.41, 5.74) is 0.141. The first-order chi connectivity index (χ1) is 18.6. The summed E-state index contributed by atoms with van der Waals surface area (Å²) in [4.78, 5) is 19.8. The van der Waals surface area contributed by atoms with E-state index in [1.807, 2.05) is 0 Å². The van der Waals surface area contributed by atoms with Gasteiger partial charge in [-0.1, -0.05) is 17.2 Å². The van der Waals surface area contributed by atoms with E-state index in [1.54, 1.807) is 6.92 Å². The van der Waals surface area contributed by atoms with Gasteiger partial charge in [0.1, 0.15) is 11.6 Å². The first kappa shape index (κ1) is 27.7. The van der Waals surface area contributed by atoms with E-state index in [0.29, 0.717) is 12.2 Å². The number of carbonyl (C=O) groups is 1. The molecule has 2 aromatic carbocycles. The van der Waals surface area contributed by atoms with Crippen LogP contribution in [0.4, 0.5) is 17.6 Å². The molecule has 11 nitrogen and oxygen atoms in total. The molecule has 0 aliphatic carbocycles. The first-order valence-corrected chi connectivity index (χ1v) is 11.5. The molecule has 4 rings (SSSR count). The number of amides is 1. The van der Waals surface area contributed by atoms with Gasteiger partial charge in [-0.15, -0.1) is 0 Å². The fourth-order valence-electron chi connectivity index (χ4n) is 3.34. The van der Waals surface area contributed by atoms with Crippen molar-refractivity contribution in [2.24, 2.45) is 0 Å². The van der Waals surface area contributed by atoms with E-state index in [1.165, 1.54) is 36.4 Å². The fourth-order valence-corrected chi connectivity index (χ4v) is 3.34. The average molecular weight is 551 g/mol. The van der Waals surface area contributed by atoms with Crippen LogP contribution in [-0.2, 0) is 6.18 Å². The number of nitrogens with zero attached hydrogens (tertiary/aromatic N) is 4. The predicted molar refractivity (Wildman–Crippen MR) is 124 cm³/mol. The van der Waals surface area contributed by atoms with Crippen LogP contribution >= 0.6 is 0 Å². The van der Waals surface area contributed by atoms with E-state index in [-0.39, 0.29) is 34.3 Å². The summed E-state index contributed by atoms with van der Waals surface area (Å²) in [6.45, 7) is 0.767. The molecule has 0 spiro atoms. The number of aromatic nitrogens is 4. The van der Waals surface area contributed by atoms with Crippen LogP contribution in [0.1, 0.15) is 41.5 Å². The second-order valence-electron chi connectivity index (χ2n) is 8.15. The van der Waals surface area contributed by atoms with Gasteiger partial charge in [-0.25, -0.2) is 4.39 Å². The highest BCUT2D eigenvalue weighted by Gasteiger charge is 2.37. The lowest BCUT2D eigenvalue weighted by Gasteiger charge is -2.14. The van der Waals surface area contributed by atoms with Gasteiger partial charge < -0.3 is 29.3 Å². The number of rotatable bonds is 10. The highest BCUT2D eigenvalue weighted by Crippen LogP contribution is 2.31. The molecule has 0 aliphatic rings. The molecule has 0 fully saturated rings. The minimum atomic E-state index is -4.73. The molecule has 0 unspecified atom stereocenters. The van der Waals surface area contributed by atoms with Crippen molar-refractivity contribution in [1.29, 1.82) is 0 Å². The summed E-state index contributed by atoms with van der Waals surface area (Å²) in [5, 5.41) is 27.3. The molecule has 1 amide bonds. The summed E-state index contributed by atoms with van der Waals surface area (Å²) in [5.74, 6) is -2.92. The molecule has 39 heavy (non-hydrogen) atoms. The van der Waals surface area contributed by atoms with E-state index >= 15 is 0 Å². The molecule has 15 heteroatoms. The minimum Gasteiger partial charge on any atom is -0.482 e. The summed E-state index contributed by atoms with van der Waals surface area (Å²) < 4.78 is 68.5. The Balaban J connectivity index is 1.45. The molecule has 0 saturated carbocycles. The van der Waals surface area contributed by atoms with E-state index in [4.69, 9.17) is 19.5 Å². The second-order valence-corrected chi connectivity index (χ2v) is 8.15. The van der Waals surface area contributed by atoms with Crippen LogP contribution in [0, 0.1) is 5.82 Å². The zero-order valence-corrected chi connectivity index (χ0v) is 20.1. The lowest BCUT2D eigenvalue weighted by Crippen LogP contribution is -2.40. The monoisotopic (exact) mass is 551 g/mol. The molecule has 0 radical (unpaired) electrons. The zero-order valence-electron chi connectivity index (χ0n) is 20.1. The molecule has 0 bridgehead atoms. The minimum absolute atomic E-state index is 0.0336. The van der Waals surface area contributed by atoms with Gasteiger partial charge in [0, 0.05) is 11.1 Å². The normalized spacial score (nSPS) is 12.5. The van der Waals surface area contributed by atoms with Gasteiger partial charge >= 0.3 is 6.18 Å². The van der Waals surface area contributed by atoms with E-state index in [0.717, 1.165) is 6.07 Å². The van der Waals surface area contributed by atoms with Crippen molar-refractivity contribution in [2.45, 2.75) is 31.7 Å². The van der Waals surface area contributed by atoms with Crippen molar-refractivity contribution < 1.29 is 46.4 Å². The molecule has 0 saturated heterocycles. The molecule has 2 aromatic heterocycles.